The number of carbonyl (C=O) groups excluding carboxylic acids is 1. The van der Waals surface area contributed by atoms with E-state index in [-0.39, 0.29) is 12.0 Å². The molecule has 11 heavy (non-hydrogen) atoms. The predicted octanol–water partition coefficient (Wildman–Crippen LogP) is 0.547. The summed E-state index contributed by atoms with van der Waals surface area (Å²) in [5.41, 5.74) is 0. The minimum atomic E-state index is -0.128. The van der Waals surface area contributed by atoms with Crippen molar-refractivity contribution < 1.29 is 9.53 Å². The molecule has 0 aromatic carbocycles. The number of nitrogens with one attached hydrogen (secondary N) is 1. The molecule has 0 bridgehead atoms. The molecule has 0 aromatic heterocycles. The predicted molar refractivity (Wildman–Crippen MR) is 42.2 cm³/mol. The van der Waals surface area contributed by atoms with Gasteiger partial charge in [0.2, 0.25) is 0 Å². The summed E-state index contributed by atoms with van der Waals surface area (Å²) in [5, 5.41) is 3.14. The average Bonchev–Trinajstić information content (AvgIpc) is 2.05. The Balaban J connectivity index is 2.33. The highest BCUT2D eigenvalue weighted by atomic mass is 16.5. The first-order chi connectivity index (χ1) is 5.24. The zero-order valence-electron chi connectivity index (χ0n) is 7.09. The maximum absolute atomic E-state index is 11.0. The van der Waals surface area contributed by atoms with E-state index in [1.807, 2.05) is 0 Å². The van der Waals surface area contributed by atoms with Crippen LogP contribution < -0.4 is 5.32 Å². The largest absolute Gasteiger partial charge is 0.468 e. The summed E-state index contributed by atoms with van der Waals surface area (Å²) in [6, 6.07) is -0.0591. The van der Waals surface area contributed by atoms with Gasteiger partial charge in [0.15, 0.2) is 0 Å². The van der Waals surface area contributed by atoms with Crippen LogP contribution in [0.3, 0.4) is 0 Å². The van der Waals surface area contributed by atoms with Gasteiger partial charge in [-0.25, -0.2) is 0 Å². The molecule has 3 nitrogen and oxygen atoms in total. The van der Waals surface area contributed by atoms with Gasteiger partial charge in [0.25, 0.3) is 0 Å². The topological polar surface area (TPSA) is 38.3 Å². The molecule has 1 fully saturated rings. The normalized spacial score (nSPS) is 31.5. The third-order valence-electron chi connectivity index (χ3n) is 2.15. The van der Waals surface area contributed by atoms with Crippen molar-refractivity contribution in [1.82, 2.24) is 5.32 Å². The standard InChI is InChI=1S/C8H15NO2/c1-6-3-4-7(9-5-6)8(10)11-2/h6-7,9H,3-5H2,1-2H3/t6-,7-/m0/s1. The molecule has 1 aliphatic rings. The fourth-order valence-corrected chi connectivity index (χ4v) is 1.34. The van der Waals surface area contributed by atoms with Crippen molar-refractivity contribution in [3.05, 3.63) is 0 Å². The third kappa shape index (κ3) is 2.19. The van der Waals surface area contributed by atoms with Crippen LogP contribution >= 0.6 is 0 Å². The zero-order chi connectivity index (χ0) is 8.27. The van der Waals surface area contributed by atoms with E-state index in [9.17, 15) is 4.79 Å². The van der Waals surface area contributed by atoms with E-state index in [1.54, 1.807) is 0 Å². The van der Waals surface area contributed by atoms with Crippen molar-refractivity contribution in [3.63, 3.8) is 0 Å². The van der Waals surface area contributed by atoms with Gasteiger partial charge in [0.05, 0.1) is 7.11 Å². The van der Waals surface area contributed by atoms with Gasteiger partial charge in [-0.2, -0.15) is 0 Å². The molecule has 64 valence electrons. The summed E-state index contributed by atoms with van der Waals surface area (Å²) in [4.78, 5) is 11.0. The molecule has 1 aliphatic heterocycles. The number of rotatable bonds is 1. The fourth-order valence-electron chi connectivity index (χ4n) is 1.34. The average molecular weight is 157 g/mol. The second kappa shape index (κ2) is 3.72. The molecule has 0 aromatic rings. The lowest BCUT2D eigenvalue weighted by atomic mass is 9.97. The summed E-state index contributed by atoms with van der Waals surface area (Å²) < 4.78 is 4.62. The van der Waals surface area contributed by atoms with Crippen molar-refractivity contribution in [1.29, 1.82) is 0 Å². The Kier molecular flexibility index (Phi) is 2.88. The molecule has 1 heterocycles. The molecule has 0 saturated carbocycles. The van der Waals surface area contributed by atoms with Crippen molar-refractivity contribution in [2.24, 2.45) is 5.92 Å². The van der Waals surface area contributed by atoms with Gasteiger partial charge in [-0.15, -0.1) is 0 Å². The summed E-state index contributed by atoms with van der Waals surface area (Å²) >= 11 is 0. The molecule has 0 aliphatic carbocycles. The molecule has 3 heteroatoms. The lowest BCUT2D eigenvalue weighted by Crippen LogP contribution is -2.43. The van der Waals surface area contributed by atoms with Gasteiger partial charge < -0.3 is 10.1 Å². The SMILES string of the molecule is COC(=O)[C@@H]1CC[C@H](C)CN1. The number of hydrogen-bond acceptors (Lipinski definition) is 3. The number of hydrogen-bond donors (Lipinski definition) is 1. The number of carbonyl (C=O) groups is 1. The minimum Gasteiger partial charge on any atom is -0.468 e. The first kappa shape index (κ1) is 8.53. The number of piperidine rings is 1. The third-order valence-corrected chi connectivity index (χ3v) is 2.15. The van der Waals surface area contributed by atoms with Crippen LogP contribution in [0.15, 0.2) is 0 Å². The smallest absolute Gasteiger partial charge is 0.322 e. The van der Waals surface area contributed by atoms with Crippen LogP contribution in [0.25, 0.3) is 0 Å². The fraction of sp³-hybridized carbons (Fsp3) is 0.875. The molecular formula is C8H15NO2. The number of methoxy groups -OCH3 is 1. The molecule has 0 amide bonds. The highest BCUT2D eigenvalue weighted by Gasteiger charge is 2.23. The van der Waals surface area contributed by atoms with E-state index in [1.165, 1.54) is 7.11 Å². The van der Waals surface area contributed by atoms with Gasteiger partial charge in [-0.3, -0.25) is 4.79 Å². The van der Waals surface area contributed by atoms with E-state index in [2.05, 4.69) is 17.0 Å². The van der Waals surface area contributed by atoms with Gasteiger partial charge in [-0.1, -0.05) is 6.92 Å². The lowest BCUT2D eigenvalue weighted by Gasteiger charge is -2.25. The highest BCUT2D eigenvalue weighted by molar-refractivity contribution is 5.75. The summed E-state index contributed by atoms with van der Waals surface area (Å²) in [5.74, 6) is 0.563. The van der Waals surface area contributed by atoms with Crippen LogP contribution in [0.2, 0.25) is 0 Å². The molecule has 0 spiro atoms. The minimum absolute atomic E-state index is 0.0591. The Morgan fingerprint density at radius 3 is 2.73 bits per heavy atom. The van der Waals surface area contributed by atoms with Gasteiger partial charge in [0, 0.05) is 0 Å². The lowest BCUT2D eigenvalue weighted by molar-refractivity contribution is -0.143. The van der Waals surface area contributed by atoms with Gasteiger partial charge >= 0.3 is 5.97 Å². The first-order valence-corrected chi connectivity index (χ1v) is 4.05. The quantitative estimate of drug-likeness (QED) is 0.565. The van der Waals surface area contributed by atoms with Gasteiger partial charge in [-0.05, 0) is 25.3 Å². The Morgan fingerprint density at radius 1 is 1.55 bits per heavy atom. The van der Waals surface area contributed by atoms with Crippen LogP contribution in [0.4, 0.5) is 0 Å². The summed E-state index contributed by atoms with van der Waals surface area (Å²) in [7, 11) is 1.43. The van der Waals surface area contributed by atoms with E-state index in [0.29, 0.717) is 5.92 Å². The van der Waals surface area contributed by atoms with E-state index < -0.39 is 0 Å². The zero-order valence-corrected chi connectivity index (χ0v) is 7.09. The van der Waals surface area contributed by atoms with Gasteiger partial charge in [0.1, 0.15) is 6.04 Å². The Bertz CT molecular complexity index is 139. The van der Waals surface area contributed by atoms with Crippen LogP contribution in [0, 0.1) is 5.92 Å². The Morgan fingerprint density at radius 2 is 2.27 bits per heavy atom. The van der Waals surface area contributed by atoms with E-state index >= 15 is 0 Å². The van der Waals surface area contributed by atoms with E-state index in [4.69, 9.17) is 0 Å². The second-order valence-corrected chi connectivity index (χ2v) is 3.17. The van der Waals surface area contributed by atoms with Crippen molar-refractivity contribution >= 4 is 5.97 Å². The molecule has 1 saturated heterocycles. The van der Waals surface area contributed by atoms with Crippen LogP contribution in [0.5, 0.6) is 0 Å². The van der Waals surface area contributed by atoms with Crippen molar-refractivity contribution in [2.45, 2.75) is 25.8 Å². The second-order valence-electron chi connectivity index (χ2n) is 3.17. The Hall–Kier alpha value is -0.570. The van der Waals surface area contributed by atoms with Crippen LogP contribution in [-0.2, 0) is 9.53 Å². The first-order valence-electron chi connectivity index (χ1n) is 4.05. The van der Waals surface area contributed by atoms with E-state index in [0.717, 1.165) is 19.4 Å². The molecule has 1 rings (SSSR count). The summed E-state index contributed by atoms with van der Waals surface area (Å²) in [6.45, 7) is 3.11. The highest BCUT2D eigenvalue weighted by Crippen LogP contribution is 2.13. The number of esters is 1. The van der Waals surface area contributed by atoms with Crippen molar-refractivity contribution in [2.75, 3.05) is 13.7 Å². The maximum Gasteiger partial charge on any atom is 0.322 e. The molecule has 1 N–H and O–H groups in total. The molecule has 0 radical (unpaired) electrons. The van der Waals surface area contributed by atoms with Crippen LogP contribution in [0.1, 0.15) is 19.8 Å². The maximum atomic E-state index is 11.0. The summed E-state index contributed by atoms with van der Waals surface area (Å²) in [6.07, 6.45) is 2.03. The molecule has 0 unspecified atom stereocenters. The Labute approximate surface area is 67.1 Å². The van der Waals surface area contributed by atoms with Crippen LogP contribution in [-0.4, -0.2) is 25.7 Å². The molecular weight excluding hydrogens is 142 g/mol. The molecule has 2 atom stereocenters. The van der Waals surface area contributed by atoms with Crippen molar-refractivity contribution in [3.8, 4) is 0 Å². The number of ether oxygens (including phenoxy) is 1. The monoisotopic (exact) mass is 157 g/mol.